The van der Waals surface area contributed by atoms with E-state index in [9.17, 15) is 14.7 Å². The Morgan fingerprint density at radius 2 is 1.75 bits per heavy atom. The molecule has 3 aromatic rings. The number of hydrogen-bond donors (Lipinski definition) is 1. The molecule has 2 aromatic carbocycles. The second-order valence-electron chi connectivity index (χ2n) is 4.26. The molecule has 0 saturated heterocycles. The molecule has 1 N–H and O–H groups in total. The molecule has 0 aliphatic rings. The summed E-state index contributed by atoms with van der Waals surface area (Å²) in [6.45, 7) is 0. The van der Waals surface area contributed by atoms with Crippen LogP contribution >= 0.6 is 0 Å². The van der Waals surface area contributed by atoms with Crippen molar-refractivity contribution < 1.29 is 9.90 Å². The van der Waals surface area contributed by atoms with Gasteiger partial charge in [0.05, 0.1) is 22.2 Å². The number of carbonyl (C=O) groups is 1. The minimum absolute atomic E-state index is 0.0617. The van der Waals surface area contributed by atoms with Gasteiger partial charge in [0.25, 0.3) is 5.56 Å². The highest BCUT2D eigenvalue weighted by molar-refractivity contribution is 5.92. The van der Waals surface area contributed by atoms with Crippen LogP contribution in [0.25, 0.3) is 16.6 Å². The summed E-state index contributed by atoms with van der Waals surface area (Å²) < 4.78 is 1.26. The Morgan fingerprint density at radius 1 is 1.05 bits per heavy atom. The number of nitrogens with zero attached hydrogens (tertiary/aromatic N) is 2. The lowest BCUT2D eigenvalue weighted by molar-refractivity contribution is 0.0697. The zero-order valence-corrected chi connectivity index (χ0v) is 10.4. The molecule has 0 spiro atoms. The summed E-state index contributed by atoms with van der Waals surface area (Å²) in [4.78, 5) is 27.9. The maximum Gasteiger partial charge on any atom is 0.337 e. The van der Waals surface area contributed by atoms with Crippen molar-refractivity contribution in [3.63, 3.8) is 0 Å². The van der Waals surface area contributed by atoms with Crippen LogP contribution in [0.1, 0.15) is 10.4 Å². The predicted molar refractivity (Wildman–Crippen MR) is 74.3 cm³/mol. The molecule has 0 saturated carbocycles. The van der Waals surface area contributed by atoms with Crippen LogP contribution in [0.4, 0.5) is 0 Å². The van der Waals surface area contributed by atoms with Crippen LogP contribution in [0.3, 0.4) is 0 Å². The van der Waals surface area contributed by atoms with Gasteiger partial charge in [-0.3, -0.25) is 9.36 Å². The first-order valence-electron chi connectivity index (χ1n) is 5.97. The van der Waals surface area contributed by atoms with E-state index in [1.54, 1.807) is 42.5 Å². The Morgan fingerprint density at radius 3 is 2.55 bits per heavy atom. The van der Waals surface area contributed by atoms with Crippen molar-refractivity contribution in [2.24, 2.45) is 0 Å². The molecule has 0 unspecified atom stereocenters. The summed E-state index contributed by atoms with van der Waals surface area (Å²) in [7, 11) is 0. The Hall–Kier alpha value is -2.95. The monoisotopic (exact) mass is 266 g/mol. The predicted octanol–water partition coefficient (Wildman–Crippen LogP) is 2.08. The summed E-state index contributed by atoms with van der Waals surface area (Å²) in [5, 5.41) is 9.65. The van der Waals surface area contributed by atoms with Gasteiger partial charge in [0.1, 0.15) is 6.33 Å². The van der Waals surface area contributed by atoms with Crippen LogP contribution in [0.5, 0.6) is 0 Å². The van der Waals surface area contributed by atoms with Gasteiger partial charge in [-0.15, -0.1) is 0 Å². The molecular weight excluding hydrogens is 256 g/mol. The van der Waals surface area contributed by atoms with Crippen LogP contribution in [-0.2, 0) is 0 Å². The fourth-order valence-electron chi connectivity index (χ4n) is 2.11. The van der Waals surface area contributed by atoms with E-state index in [2.05, 4.69) is 4.98 Å². The van der Waals surface area contributed by atoms with Crippen LogP contribution < -0.4 is 5.56 Å². The van der Waals surface area contributed by atoms with Crippen molar-refractivity contribution in [2.75, 3.05) is 0 Å². The van der Waals surface area contributed by atoms with E-state index in [0.29, 0.717) is 16.6 Å². The molecule has 1 aromatic heterocycles. The fraction of sp³-hybridized carbons (Fsp3) is 0. The third-order valence-corrected chi connectivity index (χ3v) is 3.06. The van der Waals surface area contributed by atoms with Crippen molar-refractivity contribution in [1.29, 1.82) is 0 Å². The summed E-state index contributed by atoms with van der Waals surface area (Å²) in [5.74, 6) is -1.08. The minimum atomic E-state index is -1.08. The highest BCUT2D eigenvalue weighted by Crippen LogP contribution is 2.14. The van der Waals surface area contributed by atoms with Gasteiger partial charge in [-0.25, -0.2) is 9.78 Å². The molecule has 20 heavy (non-hydrogen) atoms. The van der Waals surface area contributed by atoms with E-state index in [1.807, 2.05) is 0 Å². The number of carboxylic acid groups (broad SMARTS) is 1. The van der Waals surface area contributed by atoms with Crippen LogP contribution in [0, 0.1) is 0 Å². The molecule has 0 aliphatic carbocycles. The van der Waals surface area contributed by atoms with E-state index >= 15 is 0 Å². The summed E-state index contributed by atoms with van der Waals surface area (Å²) in [6.07, 6.45) is 1.35. The van der Waals surface area contributed by atoms with E-state index in [0.717, 1.165) is 0 Å². The van der Waals surface area contributed by atoms with E-state index in [4.69, 9.17) is 0 Å². The number of fused-ring (bicyclic) bond motifs is 1. The number of aromatic nitrogens is 2. The topological polar surface area (TPSA) is 72.2 Å². The minimum Gasteiger partial charge on any atom is -0.478 e. The molecule has 3 rings (SSSR count). The molecule has 5 heteroatoms. The molecule has 0 atom stereocenters. The van der Waals surface area contributed by atoms with E-state index < -0.39 is 5.97 Å². The van der Waals surface area contributed by atoms with Crippen LogP contribution in [0.2, 0.25) is 0 Å². The molecule has 0 bridgehead atoms. The number of carboxylic acids is 1. The van der Waals surface area contributed by atoms with Gasteiger partial charge in [0.2, 0.25) is 0 Å². The maximum atomic E-state index is 12.4. The number of benzene rings is 2. The fourth-order valence-corrected chi connectivity index (χ4v) is 2.11. The molecule has 0 radical (unpaired) electrons. The lowest BCUT2D eigenvalue weighted by Crippen LogP contribution is -2.20. The van der Waals surface area contributed by atoms with E-state index in [-0.39, 0.29) is 11.1 Å². The van der Waals surface area contributed by atoms with E-state index in [1.165, 1.54) is 17.0 Å². The maximum absolute atomic E-state index is 12.4. The zero-order chi connectivity index (χ0) is 14.1. The zero-order valence-electron chi connectivity index (χ0n) is 10.4. The Labute approximate surface area is 113 Å². The Balaban J connectivity index is 2.34. The second-order valence-corrected chi connectivity index (χ2v) is 4.26. The lowest BCUT2D eigenvalue weighted by atomic mass is 10.1. The van der Waals surface area contributed by atoms with Gasteiger partial charge in [-0.05, 0) is 24.3 Å². The summed E-state index contributed by atoms with van der Waals surface area (Å²) >= 11 is 0. The SMILES string of the molecule is O=C(O)c1ccccc1-n1cnc2ccccc2c1=O. The molecule has 5 nitrogen and oxygen atoms in total. The van der Waals surface area contributed by atoms with Gasteiger partial charge in [0, 0.05) is 0 Å². The quantitative estimate of drug-likeness (QED) is 0.770. The third-order valence-electron chi connectivity index (χ3n) is 3.06. The lowest BCUT2D eigenvalue weighted by Gasteiger charge is -2.09. The van der Waals surface area contributed by atoms with Crippen molar-refractivity contribution in [1.82, 2.24) is 9.55 Å². The Kier molecular flexibility index (Phi) is 2.80. The van der Waals surface area contributed by atoms with Gasteiger partial charge >= 0.3 is 5.97 Å². The number of hydrogen-bond acceptors (Lipinski definition) is 3. The number of aromatic carboxylic acids is 1. The van der Waals surface area contributed by atoms with Gasteiger partial charge in [-0.1, -0.05) is 24.3 Å². The third kappa shape index (κ3) is 1.85. The highest BCUT2D eigenvalue weighted by atomic mass is 16.4. The largest absolute Gasteiger partial charge is 0.478 e. The first-order chi connectivity index (χ1) is 9.68. The first kappa shape index (κ1) is 12.1. The molecule has 0 fully saturated rings. The molecule has 0 aliphatic heterocycles. The average Bonchev–Trinajstić information content (AvgIpc) is 2.48. The van der Waals surface area contributed by atoms with Crippen molar-refractivity contribution >= 4 is 16.9 Å². The standard InChI is InChI=1S/C15H10N2O3/c18-14-10-5-1-3-7-12(10)16-9-17(14)13-8-4-2-6-11(13)15(19)20/h1-9H,(H,19,20). The van der Waals surface area contributed by atoms with Gasteiger partial charge in [0.15, 0.2) is 0 Å². The van der Waals surface area contributed by atoms with Crippen molar-refractivity contribution in [2.45, 2.75) is 0 Å². The number of para-hydroxylation sites is 2. The summed E-state index contributed by atoms with van der Waals surface area (Å²) in [6, 6.07) is 13.3. The van der Waals surface area contributed by atoms with Crippen molar-refractivity contribution in [3.8, 4) is 5.69 Å². The van der Waals surface area contributed by atoms with Gasteiger partial charge in [-0.2, -0.15) is 0 Å². The molecule has 0 amide bonds. The Bertz CT molecular complexity index is 868. The normalized spacial score (nSPS) is 10.6. The number of rotatable bonds is 2. The van der Waals surface area contributed by atoms with Crippen molar-refractivity contribution in [3.05, 3.63) is 70.8 Å². The summed E-state index contributed by atoms with van der Waals surface area (Å²) in [5.41, 5.74) is 0.667. The van der Waals surface area contributed by atoms with Gasteiger partial charge < -0.3 is 5.11 Å². The average molecular weight is 266 g/mol. The first-order valence-corrected chi connectivity index (χ1v) is 5.97. The van der Waals surface area contributed by atoms with Crippen LogP contribution in [-0.4, -0.2) is 20.6 Å². The highest BCUT2D eigenvalue weighted by Gasteiger charge is 2.13. The second kappa shape index (κ2) is 4.62. The molecule has 98 valence electrons. The molecule has 1 heterocycles. The molecular formula is C15H10N2O3. The smallest absolute Gasteiger partial charge is 0.337 e. The van der Waals surface area contributed by atoms with Crippen LogP contribution in [0.15, 0.2) is 59.7 Å².